The molecule has 0 spiro atoms. The van der Waals surface area contributed by atoms with Crippen LogP contribution in [0.4, 0.5) is 11.4 Å². The van der Waals surface area contributed by atoms with E-state index >= 15 is 0 Å². The molecule has 1 saturated heterocycles. The number of rotatable bonds is 10. The van der Waals surface area contributed by atoms with Crippen LogP contribution in [0.15, 0.2) is 53.1 Å². The first-order chi connectivity index (χ1) is 19.1. The van der Waals surface area contributed by atoms with Crippen LogP contribution in [0.2, 0.25) is 10.0 Å². The highest BCUT2D eigenvalue weighted by atomic mass is 35.5. The molecule has 10 heteroatoms. The number of aromatic nitrogens is 1. The minimum Gasteiger partial charge on any atom is -0.495 e. The molecule has 0 unspecified atom stereocenters. The van der Waals surface area contributed by atoms with Crippen LogP contribution in [0.3, 0.4) is 0 Å². The van der Waals surface area contributed by atoms with E-state index in [4.69, 9.17) is 37.1 Å². The van der Waals surface area contributed by atoms with E-state index in [9.17, 15) is 5.26 Å². The lowest BCUT2D eigenvalue weighted by molar-refractivity contribution is 0.0374. The van der Waals surface area contributed by atoms with Crippen molar-refractivity contribution in [2.45, 2.75) is 13.0 Å². The van der Waals surface area contributed by atoms with Gasteiger partial charge in [0.25, 0.3) is 0 Å². The van der Waals surface area contributed by atoms with Gasteiger partial charge in [0.1, 0.15) is 23.3 Å². The average molecular weight is 566 g/mol. The minimum absolute atomic E-state index is 0.389. The fourth-order valence-corrected chi connectivity index (χ4v) is 5.08. The van der Waals surface area contributed by atoms with Gasteiger partial charge in [0.15, 0.2) is 0 Å². The third kappa shape index (κ3) is 6.47. The molecule has 5 rings (SSSR count). The maximum atomic E-state index is 9.74. The van der Waals surface area contributed by atoms with Crippen molar-refractivity contribution >= 4 is 45.5 Å². The number of hydrogen-bond donors (Lipinski definition) is 2. The molecule has 3 heterocycles. The molecule has 0 atom stereocenters. The molecular formula is C29H29Cl2N5O3. The molecule has 2 aromatic carbocycles. The number of furan rings is 1. The van der Waals surface area contributed by atoms with Crippen molar-refractivity contribution in [2.24, 2.45) is 0 Å². The van der Waals surface area contributed by atoms with E-state index < -0.39 is 0 Å². The second-order valence-corrected chi connectivity index (χ2v) is 10.0. The third-order valence-electron chi connectivity index (χ3n) is 6.67. The number of methoxy groups -OCH3 is 1. The first-order valence-electron chi connectivity index (χ1n) is 12.8. The lowest BCUT2D eigenvalue weighted by atomic mass is 10.1. The van der Waals surface area contributed by atoms with Gasteiger partial charge in [-0.25, -0.2) is 0 Å². The smallest absolute Gasteiger partial charge is 0.139 e. The molecule has 0 radical (unpaired) electrons. The molecule has 0 amide bonds. The summed E-state index contributed by atoms with van der Waals surface area (Å²) in [5.41, 5.74) is 3.17. The number of hydrogen-bond acceptors (Lipinski definition) is 8. The highest BCUT2D eigenvalue weighted by Crippen LogP contribution is 2.38. The highest BCUT2D eigenvalue weighted by molar-refractivity contribution is 6.37. The summed E-state index contributed by atoms with van der Waals surface area (Å²) in [5.74, 6) is 2.11. The highest BCUT2D eigenvalue weighted by Gasteiger charge is 2.15. The molecule has 1 aliphatic rings. The van der Waals surface area contributed by atoms with Gasteiger partial charge in [0.2, 0.25) is 0 Å². The summed E-state index contributed by atoms with van der Waals surface area (Å²) in [6.07, 6.45) is 2.63. The number of benzene rings is 2. The number of fused-ring (bicyclic) bond motifs is 1. The lowest BCUT2D eigenvalue weighted by Gasteiger charge is -2.26. The number of nitrogens with zero attached hydrogens (tertiary/aromatic N) is 3. The van der Waals surface area contributed by atoms with E-state index in [0.717, 1.165) is 68.3 Å². The molecule has 0 saturated carbocycles. The van der Waals surface area contributed by atoms with E-state index in [0.29, 0.717) is 44.8 Å². The summed E-state index contributed by atoms with van der Waals surface area (Å²) in [6.45, 7) is 6.36. The largest absolute Gasteiger partial charge is 0.495 e. The molecule has 202 valence electrons. The summed E-state index contributed by atoms with van der Waals surface area (Å²) in [6, 6.07) is 15.3. The Morgan fingerprint density at radius 1 is 1.10 bits per heavy atom. The molecule has 2 N–H and O–H groups in total. The molecule has 0 aliphatic carbocycles. The third-order valence-corrected chi connectivity index (χ3v) is 7.28. The van der Waals surface area contributed by atoms with Crippen molar-refractivity contribution < 1.29 is 13.9 Å². The van der Waals surface area contributed by atoms with Crippen molar-refractivity contribution in [3.05, 3.63) is 70.0 Å². The van der Waals surface area contributed by atoms with E-state index in [2.05, 4.69) is 26.6 Å². The van der Waals surface area contributed by atoms with Gasteiger partial charge in [-0.05, 0) is 49.8 Å². The van der Waals surface area contributed by atoms with Gasteiger partial charge in [-0.2, -0.15) is 5.26 Å². The maximum Gasteiger partial charge on any atom is 0.139 e. The van der Waals surface area contributed by atoms with E-state index in [1.165, 1.54) is 7.11 Å². The van der Waals surface area contributed by atoms with Gasteiger partial charge in [-0.1, -0.05) is 29.3 Å². The van der Waals surface area contributed by atoms with Gasteiger partial charge in [0.05, 0.1) is 59.4 Å². The first kappa shape index (κ1) is 27.3. The predicted octanol–water partition coefficient (Wildman–Crippen LogP) is 6.24. The fraction of sp³-hybridized carbons (Fsp3) is 0.310. The Labute approximate surface area is 237 Å². The zero-order valence-electron chi connectivity index (χ0n) is 21.6. The standard InChI is InChI=1S/C29H29Cl2N5O3/c1-37-28-15-26(23(30)14-24(28)31)35-29-20(16-32)17-34-25-13-19(3-5-22(25)29)27-6-4-21(39-27)18-33-7-2-8-36-9-11-38-12-10-36/h3-6,13-15,17,33H,2,7-12,18H2,1H3,(H,34,35). The molecule has 8 nitrogen and oxygen atoms in total. The van der Waals surface area contributed by atoms with Gasteiger partial charge in [0, 0.05) is 36.3 Å². The van der Waals surface area contributed by atoms with E-state index in [-0.39, 0.29) is 0 Å². The average Bonchev–Trinajstić information content (AvgIpc) is 3.43. The van der Waals surface area contributed by atoms with Gasteiger partial charge < -0.3 is 24.5 Å². The fourth-order valence-electron chi connectivity index (χ4n) is 4.57. The Kier molecular flexibility index (Phi) is 8.87. The van der Waals surface area contributed by atoms with Crippen LogP contribution in [-0.4, -0.2) is 56.4 Å². The van der Waals surface area contributed by atoms with E-state index in [1.54, 1.807) is 18.3 Å². The van der Waals surface area contributed by atoms with Crippen LogP contribution in [0.1, 0.15) is 17.7 Å². The molecule has 1 aliphatic heterocycles. The summed E-state index contributed by atoms with van der Waals surface area (Å²) in [7, 11) is 1.53. The van der Waals surface area contributed by atoms with Crippen LogP contribution in [0, 0.1) is 11.3 Å². The summed E-state index contributed by atoms with van der Waals surface area (Å²) < 4.78 is 16.8. The Morgan fingerprint density at radius 2 is 1.95 bits per heavy atom. The quantitative estimate of drug-likeness (QED) is 0.218. The second-order valence-electron chi connectivity index (χ2n) is 9.23. The molecule has 39 heavy (non-hydrogen) atoms. The Hall–Kier alpha value is -3.32. The Bertz CT molecular complexity index is 1490. The molecular weight excluding hydrogens is 537 g/mol. The van der Waals surface area contributed by atoms with Crippen LogP contribution < -0.4 is 15.4 Å². The number of morpholine rings is 1. The van der Waals surface area contributed by atoms with Crippen molar-refractivity contribution in [3.8, 4) is 23.1 Å². The van der Waals surface area contributed by atoms with Crippen LogP contribution in [-0.2, 0) is 11.3 Å². The monoisotopic (exact) mass is 565 g/mol. The second kappa shape index (κ2) is 12.7. The first-order valence-corrected chi connectivity index (χ1v) is 13.5. The van der Waals surface area contributed by atoms with Crippen molar-refractivity contribution in [2.75, 3.05) is 51.8 Å². The molecule has 1 fully saturated rings. The zero-order chi connectivity index (χ0) is 27.2. The zero-order valence-corrected chi connectivity index (χ0v) is 23.1. The van der Waals surface area contributed by atoms with Crippen molar-refractivity contribution in [3.63, 3.8) is 0 Å². The van der Waals surface area contributed by atoms with E-state index in [1.807, 2.05) is 30.3 Å². The Balaban J connectivity index is 1.29. The summed E-state index contributed by atoms with van der Waals surface area (Å²) in [5, 5.41) is 18.1. The van der Waals surface area contributed by atoms with Gasteiger partial charge in [-0.3, -0.25) is 9.88 Å². The predicted molar refractivity (Wildman–Crippen MR) is 154 cm³/mol. The maximum absolute atomic E-state index is 9.74. The van der Waals surface area contributed by atoms with Crippen molar-refractivity contribution in [1.29, 1.82) is 5.26 Å². The number of halogens is 2. The molecule has 2 aromatic heterocycles. The van der Waals surface area contributed by atoms with Gasteiger partial charge >= 0.3 is 0 Å². The lowest BCUT2D eigenvalue weighted by Crippen LogP contribution is -2.37. The topological polar surface area (TPSA) is 95.6 Å². The number of nitriles is 1. The summed E-state index contributed by atoms with van der Waals surface area (Å²) in [4.78, 5) is 6.95. The van der Waals surface area contributed by atoms with Crippen LogP contribution in [0.5, 0.6) is 5.75 Å². The SMILES string of the molecule is COc1cc(Nc2c(C#N)cnc3cc(-c4ccc(CNCCCN5CCOCC5)o4)ccc23)c(Cl)cc1Cl. The molecule has 0 bridgehead atoms. The normalized spacial score (nSPS) is 13.9. The number of pyridine rings is 1. The van der Waals surface area contributed by atoms with Crippen LogP contribution in [0.25, 0.3) is 22.2 Å². The van der Waals surface area contributed by atoms with Crippen LogP contribution >= 0.6 is 23.2 Å². The van der Waals surface area contributed by atoms with Crippen molar-refractivity contribution in [1.82, 2.24) is 15.2 Å². The number of ether oxygens (including phenoxy) is 2. The number of nitrogens with one attached hydrogen (secondary N) is 2. The minimum atomic E-state index is 0.389. The Morgan fingerprint density at radius 3 is 2.74 bits per heavy atom. The van der Waals surface area contributed by atoms with Gasteiger partial charge in [-0.15, -0.1) is 0 Å². The summed E-state index contributed by atoms with van der Waals surface area (Å²) >= 11 is 12.6. The number of anilines is 2. The molecule has 4 aromatic rings.